The summed E-state index contributed by atoms with van der Waals surface area (Å²) >= 11 is 0. The van der Waals surface area contributed by atoms with Crippen LogP contribution < -0.4 is 0 Å². The minimum absolute atomic E-state index is 0.129. The van der Waals surface area contributed by atoms with Crippen LogP contribution in [0.1, 0.15) is 45.4 Å². The van der Waals surface area contributed by atoms with Crippen molar-refractivity contribution in [1.29, 1.82) is 0 Å². The third-order valence-electron chi connectivity index (χ3n) is 3.63. The lowest BCUT2D eigenvalue weighted by atomic mass is 9.92. The molecule has 0 fully saturated rings. The van der Waals surface area contributed by atoms with Crippen molar-refractivity contribution in [2.45, 2.75) is 57.5 Å². The molecule has 0 spiro atoms. The average Bonchev–Trinajstić information content (AvgIpc) is 2.39. The minimum Gasteiger partial charge on any atom is -0.332 e. The SMILES string of the molecule is C#CCCCC(=O)N1[C@@H](CC=C)CC(C)=C[C@@H]1CC=C. The Labute approximate surface area is 123 Å². The Morgan fingerprint density at radius 2 is 2.20 bits per heavy atom. The van der Waals surface area contributed by atoms with Crippen molar-refractivity contribution in [3.05, 3.63) is 37.0 Å². The number of rotatable bonds is 7. The number of carbonyl (C=O) groups is 1. The number of unbranched alkanes of at least 4 members (excludes halogenated alkanes) is 1. The molecule has 2 heteroatoms. The quantitative estimate of drug-likeness (QED) is 0.391. The molecule has 1 amide bonds. The van der Waals surface area contributed by atoms with Gasteiger partial charge in [-0.05, 0) is 32.6 Å². The standard InChI is InChI=1S/C18H25NO/c1-5-8-9-12-18(20)19-16(10-6-2)13-15(4)14-17(19)11-7-3/h1,6-7,13,16-17H,2-3,8-12,14H2,4H3/t16-,17-/m0/s1. The van der Waals surface area contributed by atoms with Crippen molar-refractivity contribution in [2.24, 2.45) is 0 Å². The van der Waals surface area contributed by atoms with E-state index in [-0.39, 0.29) is 18.0 Å². The van der Waals surface area contributed by atoms with E-state index in [9.17, 15) is 4.79 Å². The largest absolute Gasteiger partial charge is 0.332 e. The number of nitrogens with zero attached hydrogens (tertiary/aromatic N) is 1. The van der Waals surface area contributed by atoms with E-state index in [1.54, 1.807) is 0 Å². The fourth-order valence-corrected chi connectivity index (χ4v) is 2.82. The van der Waals surface area contributed by atoms with Gasteiger partial charge in [-0.3, -0.25) is 4.79 Å². The molecule has 1 aliphatic rings. The molecular weight excluding hydrogens is 246 g/mol. The molecule has 2 atom stereocenters. The van der Waals surface area contributed by atoms with E-state index in [2.05, 4.69) is 32.1 Å². The van der Waals surface area contributed by atoms with Crippen LogP contribution in [0.3, 0.4) is 0 Å². The van der Waals surface area contributed by atoms with Gasteiger partial charge in [-0.2, -0.15) is 0 Å². The number of terminal acetylenes is 1. The number of hydrogen-bond donors (Lipinski definition) is 0. The smallest absolute Gasteiger partial charge is 0.223 e. The van der Waals surface area contributed by atoms with Crippen LogP contribution in [0.25, 0.3) is 0 Å². The maximum atomic E-state index is 12.5. The van der Waals surface area contributed by atoms with Gasteiger partial charge in [-0.1, -0.05) is 23.8 Å². The lowest BCUT2D eigenvalue weighted by Gasteiger charge is -2.40. The van der Waals surface area contributed by atoms with Crippen LogP contribution in [0.5, 0.6) is 0 Å². The van der Waals surface area contributed by atoms with Crippen LogP contribution in [-0.4, -0.2) is 22.9 Å². The van der Waals surface area contributed by atoms with E-state index >= 15 is 0 Å². The molecule has 0 bridgehead atoms. The van der Waals surface area contributed by atoms with Crippen molar-refractivity contribution in [3.8, 4) is 12.3 Å². The Morgan fingerprint density at radius 3 is 2.80 bits per heavy atom. The van der Waals surface area contributed by atoms with E-state index < -0.39 is 0 Å². The maximum absolute atomic E-state index is 12.5. The van der Waals surface area contributed by atoms with E-state index in [1.165, 1.54) is 5.57 Å². The first-order chi connectivity index (χ1) is 9.63. The third-order valence-corrected chi connectivity index (χ3v) is 3.63. The molecule has 1 aliphatic heterocycles. The molecule has 0 unspecified atom stereocenters. The highest BCUT2D eigenvalue weighted by Crippen LogP contribution is 2.27. The predicted molar refractivity (Wildman–Crippen MR) is 85.1 cm³/mol. The predicted octanol–water partition coefficient (Wildman–Crippen LogP) is 3.86. The summed E-state index contributed by atoms with van der Waals surface area (Å²) in [5.41, 5.74) is 1.34. The van der Waals surface area contributed by atoms with Crippen LogP contribution >= 0.6 is 0 Å². The molecule has 0 saturated carbocycles. The lowest BCUT2D eigenvalue weighted by molar-refractivity contribution is -0.135. The summed E-state index contributed by atoms with van der Waals surface area (Å²) in [6.07, 6.45) is 15.7. The van der Waals surface area contributed by atoms with Gasteiger partial charge in [0.1, 0.15) is 0 Å². The van der Waals surface area contributed by atoms with Gasteiger partial charge in [0.2, 0.25) is 5.91 Å². The molecule has 1 heterocycles. The average molecular weight is 271 g/mol. The van der Waals surface area contributed by atoms with Gasteiger partial charge in [0.05, 0.1) is 6.04 Å². The fraction of sp³-hybridized carbons (Fsp3) is 0.500. The van der Waals surface area contributed by atoms with Gasteiger partial charge in [-0.25, -0.2) is 0 Å². The Kier molecular flexibility index (Phi) is 6.87. The monoisotopic (exact) mass is 271 g/mol. The molecule has 0 saturated heterocycles. The van der Waals surface area contributed by atoms with Crippen LogP contribution in [0.15, 0.2) is 37.0 Å². The molecule has 0 aliphatic carbocycles. The van der Waals surface area contributed by atoms with Gasteiger partial charge in [0, 0.05) is 18.9 Å². The highest BCUT2D eigenvalue weighted by atomic mass is 16.2. The molecule has 108 valence electrons. The van der Waals surface area contributed by atoms with Crippen molar-refractivity contribution in [3.63, 3.8) is 0 Å². The van der Waals surface area contributed by atoms with Crippen LogP contribution in [0.4, 0.5) is 0 Å². The minimum atomic E-state index is 0.129. The van der Waals surface area contributed by atoms with E-state index in [1.807, 2.05) is 17.1 Å². The Hall–Kier alpha value is -1.75. The van der Waals surface area contributed by atoms with E-state index in [0.29, 0.717) is 12.8 Å². The second-order valence-corrected chi connectivity index (χ2v) is 5.35. The summed E-state index contributed by atoms with van der Waals surface area (Å²) in [5, 5.41) is 0. The van der Waals surface area contributed by atoms with Crippen molar-refractivity contribution < 1.29 is 4.79 Å². The second kappa shape index (κ2) is 8.43. The Bertz CT molecular complexity index is 427. The highest BCUT2D eigenvalue weighted by Gasteiger charge is 2.31. The maximum Gasteiger partial charge on any atom is 0.223 e. The molecular formula is C18H25NO. The highest BCUT2D eigenvalue weighted by molar-refractivity contribution is 5.77. The van der Waals surface area contributed by atoms with Gasteiger partial charge < -0.3 is 4.90 Å². The summed E-state index contributed by atoms with van der Waals surface area (Å²) in [6.45, 7) is 9.75. The van der Waals surface area contributed by atoms with Crippen LogP contribution in [0.2, 0.25) is 0 Å². The number of hydrogen-bond acceptors (Lipinski definition) is 1. The van der Waals surface area contributed by atoms with Crippen LogP contribution in [0, 0.1) is 12.3 Å². The summed E-state index contributed by atoms with van der Waals surface area (Å²) < 4.78 is 0. The number of carbonyl (C=O) groups excluding carboxylic acids is 1. The van der Waals surface area contributed by atoms with Crippen molar-refractivity contribution in [2.75, 3.05) is 0 Å². The second-order valence-electron chi connectivity index (χ2n) is 5.35. The van der Waals surface area contributed by atoms with Crippen molar-refractivity contribution >= 4 is 5.91 Å². The first kappa shape index (κ1) is 16.3. The molecule has 0 aromatic rings. The van der Waals surface area contributed by atoms with Crippen LogP contribution in [-0.2, 0) is 4.79 Å². The molecule has 0 aromatic carbocycles. The first-order valence-corrected chi connectivity index (χ1v) is 7.27. The molecule has 0 aromatic heterocycles. The summed E-state index contributed by atoms with van der Waals surface area (Å²) in [4.78, 5) is 14.5. The van der Waals surface area contributed by atoms with E-state index in [4.69, 9.17) is 6.42 Å². The van der Waals surface area contributed by atoms with Gasteiger partial charge >= 0.3 is 0 Å². The molecule has 1 rings (SSSR count). The first-order valence-electron chi connectivity index (χ1n) is 7.27. The summed E-state index contributed by atoms with van der Waals surface area (Å²) in [5.74, 6) is 2.79. The van der Waals surface area contributed by atoms with E-state index in [0.717, 1.165) is 25.7 Å². The zero-order valence-corrected chi connectivity index (χ0v) is 12.5. The molecule has 0 N–H and O–H groups in total. The normalized spacial score (nSPS) is 21.8. The summed E-state index contributed by atoms with van der Waals surface area (Å²) in [7, 11) is 0. The Morgan fingerprint density at radius 1 is 1.50 bits per heavy atom. The Balaban J connectivity index is 2.86. The molecule has 20 heavy (non-hydrogen) atoms. The molecule has 0 radical (unpaired) electrons. The molecule has 2 nitrogen and oxygen atoms in total. The topological polar surface area (TPSA) is 20.3 Å². The number of amides is 1. The fourth-order valence-electron chi connectivity index (χ4n) is 2.82. The zero-order chi connectivity index (χ0) is 15.0. The summed E-state index contributed by atoms with van der Waals surface area (Å²) in [6, 6.07) is 0.352. The lowest BCUT2D eigenvalue weighted by Crippen LogP contribution is -2.48. The third kappa shape index (κ3) is 4.42. The van der Waals surface area contributed by atoms with Crippen molar-refractivity contribution in [1.82, 2.24) is 4.90 Å². The van der Waals surface area contributed by atoms with Gasteiger partial charge in [-0.15, -0.1) is 25.5 Å². The zero-order valence-electron chi connectivity index (χ0n) is 12.5. The van der Waals surface area contributed by atoms with Gasteiger partial charge in [0.25, 0.3) is 0 Å². The van der Waals surface area contributed by atoms with Gasteiger partial charge in [0.15, 0.2) is 0 Å².